The summed E-state index contributed by atoms with van der Waals surface area (Å²) in [6.07, 6.45) is 0.958. The number of urea groups is 1. The van der Waals surface area contributed by atoms with E-state index in [0.29, 0.717) is 0 Å². The van der Waals surface area contributed by atoms with Crippen LogP contribution in [0.4, 0.5) is 4.79 Å². The summed E-state index contributed by atoms with van der Waals surface area (Å²) in [5.41, 5.74) is 2.65. The van der Waals surface area contributed by atoms with Gasteiger partial charge in [0, 0.05) is 20.6 Å². The highest BCUT2D eigenvalue weighted by Crippen LogP contribution is 2.29. The number of hydrogen-bond donors (Lipinski definition) is 0. The van der Waals surface area contributed by atoms with E-state index in [-0.39, 0.29) is 12.1 Å². The molecule has 16 heavy (non-hydrogen) atoms. The van der Waals surface area contributed by atoms with Crippen molar-refractivity contribution in [1.29, 1.82) is 0 Å². The first kappa shape index (κ1) is 11.0. The van der Waals surface area contributed by atoms with Crippen LogP contribution in [-0.2, 0) is 6.42 Å². The Kier molecular flexibility index (Phi) is 2.86. The van der Waals surface area contributed by atoms with Crippen molar-refractivity contribution < 1.29 is 4.79 Å². The SMILES string of the molecule is CC1c2ccccc2CCN1C(=O)N(C)C. The molecule has 1 aliphatic rings. The molecule has 3 heteroatoms. The number of rotatable bonds is 0. The number of fused-ring (bicyclic) bond motifs is 1. The van der Waals surface area contributed by atoms with Gasteiger partial charge in [0.05, 0.1) is 6.04 Å². The molecule has 1 aliphatic heterocycles. The largest absolute Gasteiger partial charge is 0.331 e. The van der Waals surface area contributed by atoms with Gasteiger partial charge in [0.1, 0.15) is 0 Å². The van der Waals surface area contributed by atoms with E-state index < -0.39 is 0 Å². The average molecular weight is 218 g/mol. The van der Waals surface area contributed by atoms with Crippen LogP contribution in [0.2, 0.25) is 0 Å². The maximum atomic E-state index is 12.0. The van der Waals surface area contributed by atoms with E-state index in [1.165, 1.54) is 11.1 Å². The van der Waals surface area contributed by atoms with Gasteiger partial charge in [0.15, 0.2) is 0 Å². The van der Waals surface area contributed by atoms with Crippen molar-refractivity contribution in [2.45, 2.75) is 19.4 Å². The number of carbonyl (C=O) groups is 1. The van der Waals surface area contributed by atoms with Gasteiger partial charge in [-0.3, -0.25) is 0 Å². The molecule has 1 atom stereocenters. The lowest BCUT2D eigenvalue weighted by molar-refractivity contribution is 0.149. The zero-order valence-electron chi connectivity index (χ0n) is 10.1. The Hall–Kier alpha value is -1.51. The average Bonchev–Trinajstić information content (AvgIpc) is 2.29. The zero-order chi connectivity index (χ0) is 11.7. The minimum atomic E-state index is 0.0991. The van der Waals surface area contributed by atoms with Crippen LogP contribution in [0.1, 0.15) is 24.1 Å². The van der Waals surface area contributed by atoms with Gasteiger partial charge in [-0.25, -0.2) is 4.79 Å². The molecule has 0 radical (unpaired) electrons. The Labute approximate surface area is 96.7 Å². The Bertz CT molecular complexity index is 401. The Balaban J connectivity index is 2.28. The molecular formula is C13H18N2O. The zero-order valence-corrected chi connectivity index (χ0v) is 10.1. The summed E-state index contributed by atoms with van der Waals surface area (Å²) in [5, 5.41) is 0. The summed E-state index contributed by atoms with van der Waals surface area (Å²) in [5.74, 6) is 0. The molecule has 0 saturated heterocycles. The van der Waals surface area contributed by atoms with Gasteiger partial charge in [-0.15, -0.1) is 0 Å². The lowest BCUT2D eigenvalue weighted by atomic mass is 9.94. The molecule has 0 aromatic heterocycles. The van der Waals surface area contributed by atoms with Crippen LogP contribution in [0.3, 0.4) is 0 Å². The summed E-state index contributed by atoms with van der Waals surface area (Å²) in [7, 11) is 3.60. The highest BCUT2D eigenvalue weighted by atomic mass is 16.2. The second-order valence-electron chi connectivity index (χ2n) is 4.50. The first-order valence-corrected chi connectivity index (χ1v) is 5.67. The van der Waals surface area contributed by atoms with Gasteiger partial charge in [-0.2, -0.15) is 0 Å². The normalized spacial score (nSPS) is 19.2. The molecular weight excluding hydrogens is 200 g/mol. The van der Waals surface area contributed by atoms with E-state index >= 15 is 0 Å². The van der Waals surface area contributed by atoms with E-state index in [9.17, 15) is 4.79 Å². The van der Waals surface area contributed by atoms with Gasteiger partial charge in [-0.05, 0) is 24.5 Å². The summed E-state index contributed by atoms with van der Waals surface area (Å²) >= 11 is 0. The molecule has 1 aromatic carbocycles. The fourth-order valence-electron chi connectivity index (χ4n) is 2.29. The topological polar surface area (TPSA) is 23.6 Å². The van der Waals surface area contributed by atoms with E-state index in [2.05, 4.69) is 25.1 Å². The second kappa shape index (κ2) is 4.16. The molecule has 0 bridgehead atoms. The molecule has 1 heterocycles. The summed E-state index contributed by atoms with van der Waals surface area (Å²) in [4.78, 5) is 15.5. The van der Waals surface area contributed by atoms with Gasteiger partial charge < -0.3 is 9.80 Å². The number of benzene rings is 1. The Morgan fingerprint density at radius 1 is 1.38 bits per heavy atom. The van der Waals surface area contributed by atoms with Crippen molar-refractivity contribution in [1.82, 2.24) is 9.80 Å². The van der Waals surface area contributed by atoms with Crippen LogP contribution in [0, 0.1) is 0 Å². The molecule has 1 unspecified atom stereocenters. The molecule has 0 saturated carbocycles. The number of carbonyl (C=O) groups excluding carboxylic acids is 1. The second-order valence-corrected chi connectivity index (χ2v) is 4.50. The fraction of sp³-hybridized carbons (Fsp3) is 0.462. The van der Waals surface area contributed by atoms with Crippen LogP contribution in [0.5, 0.6) is 0 Å². The van der Waals surface area contributed by atoms with Gasteiger partial charge >= 0.3 is 6.03 Å². The van der Waals surface area contributed by atoms with Gasteiger partial charge in [0.2, 0.25) is 0 Å². The lowest BCUT2D eigenvalue weighted by Gasteiger charge is -2.36. The predicted molar refractivity (Wildman–Crippen MR) is 64.4 cm³/mol. The minimum Gasteiger partial charge on any atom is -0.331 e. The number of hydrogen-bond acceptors (Lipinski definition) is 1. The van der Waals surface area contributed by atoms with Crippen molar-refractivity contribution in [3.05, 3.63) is 35.4 Å². The Morgan fingerprint density at radius 2 is 2.06 bits per heavy atom. The first-order valence-electron chi connectivity index (χ1n) is 5.67. The van der Waals surface area contributed by atoms with E-state index in [4.69, 9.17) is 0 Å². The lowest BCUT2D eigenvalue weighted by Crippen LogP contribution is -2.44. The summed E-state index contributed by atoms with van der Waals surface area (Å²) in [6.45, 7) is 2.91. The highest BCUT2D eigenvalue weighted by Gasteiger charge is 2.27. The van der Waals surface area contributed by atoms with Gasteiger partial charge in [0.25, 0.3) is 0 Å². The van der Waals surface area contributed by atoms with Crippen LogP contribution in [0.25, 0.3) is 0 Å². The third kappa shape index (κ3) is 1.77. The molecule has 3 nitrogen and oxygen atoms in total. The monoisotopic (exact) mass is 218 g/mol. The molecule has 0 N–H and O–H groups in total. The predicted octanol–water partition coefficient (Wildman–Crippen LogP) is 2.29. The third-order valence-corrected chi connectivity index (χ3v) is 3.22. The molecule has 0 spiro atoms. The maximum absolute atomic E-state index is 12.0. The molecule has 0 fully saturated rings. The van der Waals surface area contributed by atoms with E-state index in [0.717, 1.165) is 13.0 Å². The van der Waals surface area contributed by atoms with Crippen molar-refractivity contribution in [2.24, 2.45) is 0 Å². The maximum Gasteiger partial charge on any atom is 0.319 e. The molecule has 1 aromatic rings. The van der Waals surface area contributed by atoms with Crippen molar-refractivity contribution in [3.8, 4) is 0 Å². The van der Waals surface area contributed by atoms with Crippen molar-refractivity contribution in [2.75, 3.05) is 20.6 Å². The molecule has 86 valence electrons. The van der Waals surface area contributed by atoms with Crippen molar-refractivity contribution in [3.63, 3.8) is 0 Å². The number of nitrogens with zero attached hydrogens (tertiary/aromatic N) is 2. The highest BCUT2D eigenvalue weighted by molar-refractivity contribution is 5.74. The number of amides is 2. The van der Waals surface area contributed by atoms with E-state index in [1.54, 1.807) is 19.0 Å². The first-order chi connectivity index (χ1) is 7.61. The fourth-order valence-corrected chi connectivity index (χ4v) is 2.29. The summed E-state index contributed by atoms with van der Waals surface area (Å²) in [6, 6.07) is 8.66. The van der Waals surface area contributed by atoms with E-state index in [1.807, 2.05) is 11.0 Å². The molecule has 2 amide bonds. The summed E-state index contributed by atoms with van der Waals surface area (Å²) < 4.78 is 0. The molecule has 2 rings (SSSR count). The minimum absolute atomic E-state index is 0.0991. The third-order valence-electron chi connectivity index (χ3n) is 3.22. The molecule has 0 aliphatic carbocycles. The van der Waals surface area contributed by atoms with Crippen LogP contribution < -0.4 is 0 Å². The van der Waals surface area contributed by atoms with Crippen LogP contribution in [0.15, 0.2) is 24.3 Å². The smallest absolute Gasteiger partial charge is 0.319 e. The van der Waals surface area contributed by atoms with Gasteiger partial charge in [-0.1, -0.05) is 24.3 Å². The Morgan fingerprint density at radius 3 is 2.75 bits per heavy atom. The van der Waals surface area contributed by atoms with Crippen LogP contribution >= 0.6 is 0 Å². The standard InChI is InChI=1S/C13H18N2O/c1-10-12-7-5-4-6-11(12)8-9-15(10)13(16)14(2)3/h4-7,10H,8-9H2,1-3H3. The van der Waals surface area contributed by atoms with Crippen molar-refractivity contribution >= 4 is 6.03 Å². The van der Waals surface area contributed by atoms with Crippen LogP contribution in [-0.4, -0.2) is 36.5 Å². The quantitative estimate of drug-likeness (QED) is 0.655.